The monoisotopic (exact) mass is 452 g/mol. The van der Waals surface area contributed by atoms with Crippen LogP contribution >= 0.6 is 0 Å². The maximum atomic E-state index is 13.1. The number of hydrogen-bond acceptors (Lipinski definition) is 5. The zero-order chi connectivity index (χ0) is 24.1. The number of hydrogen-bond donors (Lipinski definition) is 4. The van der Waals surface area contributed by atoms with E-state index in [0.29, 0.717) is 18.5 Å². The van der Waals surface area contributed by atoms with E-state index in [1.807, 2.05) is 68.7 Å². The van der Waals surface area contributed by atoms with Crippen LogP contribution in [0.1, 0.15) is 40.5 Å². The predicted octanol–water partition coefficient (Wildman–Crippen LogP) is 2.26. The molecule has 0 aliphatic carbocycles. The molecule has 0 saturated carbocycles. The fourth-order valence-electron chi connectivity index (χ4n) is 4.17. The lowest BCUT2D eigenvalue weighted by Crippen LogP contribution is -2.55. The summed E-state index contributed by atoms with van der Waals surface area (Å²) in [7, 11) is -1.67. The van der Waals surface area contributed by atoms with Gasteiger partial charge >= 0.3 is 7.12 Å². The second kappa shape index (κ2) is 10.8. The summed E-state index contributed by atoms with van der Waals surface area (Å²) < 4.78 is 1.85. The molecule has 0 bridgehead atoms. The molecule has 1 aromatic carbocycles. The van der Waals surface area contributed by atoms with E-state index in [1.165, 1.54) is 0 Å². The summed E-state index contributed by atoms with van der Waals surface area (Å²) >= 11 is 0. The lowest BCUT2D eigenvalue weighted by Gasteiger charge is -2.25. The lowest BCUT2D eigenvalue weighted by atomic mass is 9.75. The topological polar surface area (TPSA) is 116 Å². The summed E-state index contributed by atoms with van der Waals surface area (Å²) in [5.74, 6) is -1.22. The van der Waals surface area contributed by atoms with Crippen LogP contribution < -0.4 is 10.6 Å². The number of nitrogens with zero attached hydrogens (tertiary/aromatic N) is 2. The molecular weight excluding hydrogens is 419 g/mol. The number of carbonyl (C=O) groups is 2. The maximum absolute atomic E-state index is 13.1. The standard InChI is InChI=1S/C24H33BN4O4/c1-15(2)12-19(24(31)28-21(25(32)33)13-16(3)4)27-22(30)14-29-20-10-6-5-8-17(20)18-9-7-11-26-23(18)29/h5-11,15-16,19,21,32-33H,12-14H2,1-4H3,(H,27,30)(H,28,31)/t19-,21-/m0/s1. The van der Waals surface area contributed by atoms with Crippen LogP contribution in [0, 0.1) is 11.8 Å². The van der Waals surface area contributed by atoms with E-state index in [9.17, 15) is 19.6 Å². The molecule has 0 fully saturated rings. The summed E-state index contributed by atoms with van der Waals surface area (Å²) in [5, 5.41) is 26.9. The first-order chi connectivity index (χ1) is 15.7. The smallest absolute Gasteiger partial charge is 0.426 e. The number of carbonyl (C=O) groups excluding carboxylic acids is 2. The Bertz CT molecular complexity index is 1060. The summed E-state index contributed by atoms with van der Waals surface area (Å²) in [6, 6.07) is 10.9. The number of fused-ring (bicyclic) bond motifs is 3. The van der Waals surface area contributed by atoms with Crippen molar-refractivity contribution < 1.29 is 19.6 Å². The van der Waals surface area contributed by atoms with E-state index in [2.05, 4.69) is 15.6 Å². The molecule has 8 nitrogen and oxygen atoms in total. The molecule has 2 aromatic heterocycles. The van der Waals surface area contributed by atoms with Crippen LogP contribution in [0.3, 0.4) is 0 Å². The Morgan fingerprint density at radius 1 is 0.970 bits per heavy atom. The van der Waals surface area contributed by atoms with Gasteiger partial charge in [-0.25, -0.2) is 4.98 Å². The predicted molar refractivity (Wildman–Crippen MR) is 130 cm³/mol. The zero-order valence-corrected chi connectivity index (χ0v) is 19.7. The maximum Gasteiger partial charge on any atom is 0.475 e. The Hall–Kier alpha value is -2.91. The molecular formula is C24H33BN4O4. The summed E-state index contributed by atoms with van der Waals surface area (Å²) in [6.45, 7) is 7.83. The van der Waals surface area contributed by atoms with Crippen molar-refractivity contribution >= 4 is 40.9 Å². The second-order valence-corrected chi connectivity index (χ2v) is 9.39. The number of amides is 2. The molecule has 2 atom stereocenters. The van der Waals surface area contributed by atoms with Crippen molar-refractivity contribution in [1.29, 1.82) is 0 Å². The molecule has 2 heterocycles. The molecule has 0 spiro atoms. The molecule has 2 amide bonds. The molecule has 33 heavy (non-hydrogen) atoms. The van der Waals surface area contributed by atoms with E-state index < -0.39 is 25.0 Å². The highest BCUT2D eigenvalue weighted by atomic mass is 16.4. The minimum atomic E-state index is -1.67. The van der Waals surface area contributed by atoms with Gasteiger partial charge in [-0.3, -0.25) is 9.59 Å². The third-order valence-corrected chi connectivity index (χ3v) is 5.60. The number of pyridine rings is 1. The Kier molecular flexibility index (Phi) is 8.10. The zero-order valence-electron chi connectivity index (χ0n) is 19.7. The number of aromatic nitrogens is 2. The van der Waals surface area contributed by atoms with E-state index in [0.717, 1.165) is 16.3 Å². The van der Waals surface area contributed by atoms with E-state index in [-0.39, 0.29) is 24.3 Å². The minimum absolute atomic E-state index is 0.0148. The summed E-state index contributed by atoms with van der Waals surface area (Å²) in [4.78, 5) is 30.5. The Labute approximate surface area is 194 Å². The molecule has 0 saturated heterocycles. The first-order valence-corrected chi connectivity index (χ1v) is 11.4. The molecule has 0 unspecified atom stereocenters. The number of rotatable bonds is 10. The van der Waals surface area contributed by atoms with Crippen LogP contribution in [-0.4, -0.2) is 50.5 Å². The van der Waals surface area contributed by atoms with Gasteiger partial charge in [-0.05, 0) is 42.9 Å². The molecule has 0 radical (unpaired) electrons. The summed E-state index contributed by atoms with van der Waals surface area (Å²) in [5.41, 5.74) is 1.60. The van der Waals surface area contributed by atoms with Gasteiger partial charge in [-0.1, -0.05) is 45.9 Å². The summed E-state index contributed by atoms with van der Waals surface area (Å²) in [6.07, 6.45) is 2.54. The highest BCUT2D eigenvalue weighted by Crippen LogP contribution is 2.27. The SMILES string of the molecule is CC(C)C[C@H](NC(=O)[C@H](CC(C)C)NC(=O)Cn1c2ccccc2c2cccnc21)B(O)O. The van der Waals surface area contributed by atoms with Gasteiger partial charge in [0.2, 0.25) is 11.8 Å². The molecule has 9 heteroatoms. The van der Waals surface area contributed by atoms with Gasteiger partial charge < -0.3 is 25.2 Å². The molecule has 0 aliphatic rings. The quantitative estimate of drug-likeness (QED) is 0.352. The van der Waals surface area contributed by atoms with E-state index in [1.54, 1.807) is 6.20 Å². The van der Waals surface area contributed by atoms with Gasteiger partial charge in [-0.2, -0.15) is 0 Å². The molecule has 0 aliphatic heterocycles. The molecule has 3 aromatic rings. The lowest BCUT2D eigenvalue weighted by molar-refractivity contribution is -0.129. The first-order valence-electron chi connectivity index (χ1n) is 11.4. The van der Waals surface area contributed by atoms with Gasteiger partial charge in [0.25, 0.3) is 0 Å². The Balaban J connectivity index is 1.80. The normalized spacial score (nSPS) is 13.5. The van der Waals surface area contributed by atoms with Gasteiger partial charge in [0.05, 0.1) is 11.5 Å². The van der Waals surface area contributed by atoms with Crippen molar-refractivity contribution in [3.63, 3.8) is 0 Å². The number of benzene rings is 1. The van der Waals surface area contributed by atoms with Crippen molar-refractivity contribution in [3.05, 3.63) is 42.6 Å². The van der Waals surface area contributed by atoms with Gasteiger partial charge in [0.15, 0.2) is 0 Å². The van der Waals surface area contributed by atoms with Crippen molar-refractivity contribution in [2.45, 2.75) is 59.1 Å². The average molecular weight is 452 g/mol. The number of para-hydroxylation sites is 1. The van der Waals surface area contributed by atoms with E-state index in [4.69, 9.17) is 0 Å². The van der Waals surface area contributed by atoms with Gasteiger partial charge in [0, 0.05) is 17.0 Å². The largest absolute Gasteiger partial charge is 0.475 e. The molecule has 3 rings (SSSR count). The fourth-order valence-corrected chi connectivity index (χ4v) is 4.17. The molecule has 4 N–H and O–H groups in total. The van der Waals surface area contributed by atoms with Crippen molar-refractivity contribution in [2.75, 3.05) is 0 Å². The third kappa shape index (κ3) is 6.12. The van der Waals surface area contributed by atoms with Crippen LogP contribution in [0.4, 0.5) is 0 Å². The van der Waals surface area contributed by atoms with Crippen LogP contribution in [-0.2, 0) is 16.1 Å². The van der Waals surface area contributed by atoms with Crippen molar-refractivity contribution in [1.82, 2.24) is 20.2 Å². The molecule has 176 valence electrons. The second-order valence-electron chi connectivity index (χ2n) is 9.39. The highest BCUT2D eigenvalue weighted by Gasteiger charge is 2.30. The van der Waals surface area contributed by atoms with Crippen molar-refractivity contribution in [3.8, 4) is 0 Å². The van der Waals surface area contributed by atoms with E-state index >= 15 is 0 Å². The van der Waals surface area contributed by atoms with Crippen LogP contribution in [0.2, 0.25) is 0 Å². The highest BCUT2D eigenvalue weighted by molar-refractivity contribution is 6.43. The van der Waals surface area contributed by atoms with Crippen LogP contribution in [0.5, 0.6) is 0 Å². The number of nitrogens with one attached hydrogen (secondary N) is 2. The Morgan fingerprint density at radius 2 is 1.64 bits per heavy atom. The van der Waals surface area contributed by atoms with Gasteiger partial charge in [-0.15, -0.1) is 0 Å². The van der Waals surface area contributed by atoms with Crippen LogP contribution in [0.15, 0.2) is 42.6 Å². The van der Waals surface area contributed by atoms with Gasteiger partial charge in [0.1, 0.15) is 18.2 Å². The first kappa shape index (κ1) is 24.7. The van der Waals surface area contributed by atoms with Crippen molar-refractivity contribution in [2.24, 2.45) is 11.8 Å². The average Bonchev–Trinajstić information content (AvgIpc) is 3.06. The fraction of sp³-hybridized carbons (Fsp3) is 0.458. The Morgan fingerprint density at radius 3 is 2.30 bits per heavy atom. The van der Waals surface area contributed by atoms with Crippen LogP contribution in [0.25, 0.3) is 21.9 Å². The third-order valence-electron chi connectivity index (χ3n) is 5.60. The minimum Gasteiger partial charge on any atom is -0.426 e.